The van der Waals surface area contributed by atoms with Gasteiger partial charge < -0.3 is 9.47 Å². The summed E-state index contributed by atoms with van der Waals surface area (Å²) in [5, 5.41) is 4.26. The van der Waals surface area contributed by atoms with E-state index in [1.807, 2.05) is 20.9 Å². The van der Waals surface area contributed by atoms with Crippen LogP contribution in [0.2, 0.25) is 0 Å². The molecular formula is C14H23N3O3. The van der Waals surface area contributed by atoms with Crippen molar-refractivity contribution >= 4 is 5.97 Å². The summed E-state index contributed by atoms with van der Waals surface area (Å²) in [5.74, 6) is -0.282. The Bertz CT molecular complexity index is 453. The molecule has 0 N–H and O–H groups in total. The molecule has 1 aliphatic rings. The average Bonchev–Trinajstić information content (AvgIpc) is 2.81. The molecule has 0 aromatic carbocycles. The number of carbonyl (C=O) groups is 1. The summed E-state index contributed by atoms with van der Waals surface area (Å²) in [5.41, 5.74) is 1.36. The van der Waals surface area contributed by atoms with Crippen molar-refractivity contribution in [2.45, 2.75) is 26.4 Å². The Labute approximate surface area is 119 Å². The van der Waals surface area contributed by atoms with E-state index in [1.165, 1.54) is 0 Å². The first kappa shape index (κ1) is 15.0. The lowest BCUT2D eigenvalue weighted by Gasteiger charge is -2.28. The van der Waals surface area contributed by atoms with Gasteiger partial charge in [0.1, 0.15) is 11.7 Å². The second-order valence-electron chi connectivity index (χ2n) is 5.15. The van der Waals surface area contributed by atoms with E-state index in [2.05, 4.69) is 10.00 Å². The molecule has 6 heteroatoms. The Kier molecular flexibility index (Phi) is 5.14. The van der Waals surface area contributed by atoms with Gasteiger partial charge >= 0.3 is 5.97 Å². The van der Waals surface area contributed by atoms with E-state index in [-0.39, 0.29) is 12.1 Å². The molecule has 0 spiro atoms. The summed E-state index contributed by atoms with van der Waals surface area (Å²) in [6, 6.07) is 0. The van der Waals surface area contributed by atoms with Crippen LogP contribution in [0.3, 0.4) is 0 Å². The summed E-state index contributed by atoms with van der Waals surface area (Å²) >= 11 is 0. The SMILES string of the molecule is CCc1nn(C)cc1C(=O)O[C@H](C)CN1CCOCC1. The van der Waals surface area contributed by atoms with Gasteiger partial charge in [-0.1, -0.05) is 6.92 Å². The molecule has 1 fully saturated rings. The first-order chi connectivity index (χ1) is 9.60. The van der Waals surface area contributed by atoms with Gasteiger partial charge in [0.15, 0.2) is 0 Å². The number of morpholine rings is 1. The number of rotatable bonds is 5. The number of nitrogens with zero attached hydrogens (tertiary/aromatic N) is 3. The van der Waals surface area contributed by atoms with Crippen LogP contribution in [0.1, 0.15) is 29.9 Å². The van der Waals surface area contributed by atoms with Crippen molar-refractivity contribution in [1.82, 2.24) is 14.7 Å². The molecule has 2 heterocycles. The van der Waals surface area contributed by atoms with Gasteiger partial charge in [-0.05, 0) is 13.3 Å². The highest BCUT2D eigenvalue weighted by molar-refractivity contribution is 5.90. The zero-order valence-electron chi connectivity index (χ0n) is 12.5. The Balaban J connectivity index is 1.89. The minimum absolute atomic E-state index is 0.134. The van der Waals surface area contributed by atoms with E-state index >= 15 is 0 Å². The molecule has 0 radical (unpaired) electrons. The normalized spacial score (nSPS) is 17.9. The zero-order chi connectivity index (χ0) is 14.5. The predicted molar refractivity (Wildman–Crippen MR) is 74.7 cm³/mol. The third kappa shape index (κ3) is 3.80. The molecule has 0 amide bonds. The van der Waals surface area contributed by atoms with Crippen LogP contribution in [0.25, 0.3) is 0 Å². The van der Waals surface area contributed by atoms with Gasteiger partial charge in [-0.15, -0.1) is 0 Å². The highest BCUT2D eigenvalue weighted by Gasteiger charge is 2.20. The third-order valence-electron chi connectivity index (χ3n) is 3.39. The lowest BCUT2D eigenvalue weighted by molar-refractivity contribution is 0.000389. The Morgan fingerprint density at radius 3 is 2.85 bits per heavy atom. The molecule has 20 heavy (non-hydrogen) atoms. The Hall–Kier alpha value is -1.40. The third-order valence-corrected chi connectivity index (χ3v) is 3.39. The fourth-order valence-electron chi connectivity index (χ4n) is 2.40. The minimum Gasteiger partial charge on any atom is -0.458 e. The lowest BCUT2D eigenvalue weighted by atomic mass is 10.2. The zero-order valence-corrected chi connectivity index (χ0v) is 12.5. The van der Waals surface area contributed by atoms with Gasteiger partial charge in [0, 0.05) is 32.9 Å². The highest BCUT2D eigenvalue weighted by Crippen LogP contribution is 2.11. The van der Waals surface area contributed by atoms with E-state index in [0.717, 1.165) is 45.0 Å². The maximum atomic E-state index is 12.2. The lowest BCUT2D eigenvalue weighted by Crippen LogP contribution is -2.41. The Morgan fingerprint density at radius 1 is 1.50 bits per heavy atom. The van der Waals surface area contributed by atoms with Crippen LogP contribution in [0.4, 0.5) is 0 Å². The smallest absolute Gasteiger partial charge is 0.341 e. The fraction of sp³-hybridized carbons (Fsp3) is 0.714. The van der Waals surface area contributed by atoms with Crippen molar-refractivity contribution in [2.24, 2.45) is 7.05 Å². The van der Waals surface area contributed by atoms with Crippen LogP contribution in [-0.2, 0) is 22.9 Å². The number of hydrogen-bond acceptors (Lipinski definition) is 5. The van der Waals surface area contributed by atoms with Crippen LogP contribution in [0.15, 0.2) is 6.20 Å². The quantitative estimate of drug-likeness (QED) is 0.749. The number of hydrogen-bond donors (Lipinski definition) is 0. The van der Waals surface area contributed by atoms with E-state index < -0.39 is 0 Å². The summed E-state index contributed by atoms with van der Waals surface area (Å²) in [6.45, 7) is 7.96. The standard InChI is InChI=1S/C14H23N3O3/c1-4-13-12(10-16(3)15-13)14(18)20-11(2)9-17-5-7-19-8-6-17/h10-11H,4-9H2,1-3H3/t11-/m1/s1. The van der Waals surface area contributed by atoms with Crippen LogP contribution in [-0.4, -0.2) is 59.6 Å². The summed E-state index contributed by atoms with van der Waals surface area (Å²) < 4.78 is 12.5. The Morgan fingerprint density at radius 2 is 2.20 bits per heavy atom. The molecule has 1 aromatic rings. The van der Waals surface area contributed by atoms with Crippen molar-refractivity contribution in [1.29, 1.82) is 0 Å². The van der Waals surface area contributed by atoms with Crippen LogP contribution < -0.4 is 0 Å². The molecular weight excluding hydrogens is 258 g/mol. The fourth-order valence-corrected chi connectivity index (χ4v) is 2.40. The number of carbonyl (C=O) groups excluding carboxylic acids is 1. The second-order valence-corrected chi connectivity index (χ2v) is 5.15. The van der Waals surface area contributed by atoms with Crippen molar-refractivity contribution in [2.75, 3.05) is 32.8 Å². The minimum atomic E-state index is -0.282. The van der Waals surface area contributed by atoms with Crippen molar-refractivity contribution in [3.63, 3.8) is 0 Å². The molecule has 0 aliphatic carbocycles. The highest BCUT2D eigenvalue weighted by atomic mass is 16.5. The number of aryl methyl sites for hydroxylation is 2. The second kappa shape index (κ2) is 6.85. The molecule has 0 bridgehead atoms. The van der Waals surface area contributed by atoms with E-state index in [9.17, 15) is 4.79 Å². The summed E-state index contributed by atoms with van der Waals surface area (Å²) in [7, 11) is 1.81. The molecule has 6 nitrogen and oxygen atoms in total. The molecule has 1 aliphatic heterocycles. The molecule has 0 saturated carbocycles. The number of aromatic nitrogens is 2. The van der Waals surface area contributed by atoms with Gasteiger partial charge in [0.05, 0.1) is 18.9 Å². The van der Waals surface area contributed by atoms with Gasteiger partial charge in [0.25, 0.3) is 0 Å². The predicted octanol–water partition coefficient (Wildman–Crippen LogP) is 0.860. The van der Waals surface area contributed by atoms with Gasteiger partial charge in [-0.2, -0.15) is 5.10 Å². The monoisotopic (exact) mass is 281 g/mol. The summed E-state index contributed by atoms with van der Waals surface area (Å²) in [4.78, 5) is 14.4. The maximum Gasteiger partial charge on any atom is 0.341 e. The van der Waals surface area contributed by atoms with Crippen molar-refractivity contribution < 1.29 is 14.3 Å². The molecule has 1 aromatic heterocycles. The first-order valence-corrected chi connectivity index (χ1v) is 7.13. The van der Waals surface area contributed by atoms with Crippen LogP contribution in [0.5, 0.6) is 0 Å². The number of ether oxygens (including phenoxy) is 2. The van der Waals surface area contributed by atoms with E-state index in [1.54, 1.807) is 10.9 Å². The molecule has 2 rings (SSSR count). The van der Waals surface area contributed by atoms with Crippen molar-refractivity contribution in [3.8, 4) is 0 Å². The largest absolute Gasteiger partial charge is 0.458 e. The van der Waals surface area contributed by atoms with Crippen LogP contribution >= 0.6 is 0 Å². The molecule has 0 unspecified atom stereocenters. The summed E-state index contributed by atoms with van der Waals surface area (Å²) in [6.07, 6.45) is 2.32. The van der Waals surface area contributed by atoms with Crippen LogP contribution in [0, 0.1) is 0 Å². The average molecular weight is 281 g/mol. The van der Waals surface area contributed by atoms with Gasteiger partial charge in [-0.3, -0.25) is 9.58 Å². The number of esters is 1. The topological polar surface area (TPSA) is 56.6 Å². The van der Waals surface area contributed by atoms with E-state index in [4.69, 9.17) is 9.47 Å². The van der Waals surface area contributed by atoms with Gasteiger partial charge in [0.2, 0.25) is 0 Å². The molecule has 1 atom stereocenters. The maximum absolute atomic E-state index is 12.2. The van der Waals surface area contributed by atoms with Crippen molar-refractivity contribution in [3.05, 3.63) is 17.5 Å². The first-order valence-electron chi connectivity index (χ1n) is 7.13. The van der Waals surface area contributed by atoms with Gasteiger partial charge in [-0.25, -0.2) is 4.79 Å². The molecule has 1 saturated heterocycles. The van der Waals surface area contributed by atoms with E-state index in [0.29, 0.717) is 5.56 Å². The molecule has 112 valence electrons.